The molecule has 3 heterocycles. The standard InChI is InChI=1S/C21H26N6O/c1-24(2)21-18-13-17(4-5-19(18)22-15-23-21)27-10-8-26(9-11-27)14-16-6-7-25(3)20(28)12-16/h4-7,12-13,15H,8-11,14H2,1-3H3. The molecule has 0 spiro atoms. The van der Waals surface area contributed by atoms with E-state index in [0.717, 1.165) is 55.0 Å². The maximum atomic E-state index is 11.8. The van der Waals surface area contributed by atoms with Crippen molar-refractivity contribution in [1.82, 2.24) is 19.4 Å². The fourth-order valence-electron chi connectivity index (χ4n) is 3.69. The van der Waals surface area contributed by atoms with Gasteiger partial charge in [-0.1, -0.05) is 0 Å². The van der Waals surface area contributed by atoms with Crippen LogP contribution in [0.15, 0.2) is 47.7 Å². The van der Waals surface area contributed by atoms with E-state index in [1.807, 2.05) is 31.3 Å². The van der Waals surface area contributed by atoms with E-state index in [9.17, 15) is 4.79 Å². The van der Waals surface area contributed by atoms with E-state index in [1.54, 1.807) is 24.0 Å². The van der Waals surface area contributed by atoms with E-state index in [2.05, 4.69) is 38.0 Å². The number of rotatable bonds is 4. The third-order valence-electron chi connectivity index (χ3n) is 5.33. The summed E-state index contributed by atoms with van der Waals surface area (Å²) in [6.45, 7) is 4.68. The summed E-state index contributed by atoms with van der Waals surface area (Å²) in [6, 6.07) is 10.2. The topological polar surface area (TPSA) is 57.5 Å². The summed E-state index contributed by atoms with van der Waals surface area (Å²) in [6.07, 6.45) is 3.46. The Morgan fingerprint density at radius 2 is 1.82 bits per heavy atom. The molecular formula is C21H26N6O. The Balaban J connectivity index is 1.46. The van der Waals surface area contributed by atoms with Gasteiger partial charge in [0.25, 0.3) is 5.56 Å². The van der Waals surface area contributed by atoms with Crippen molar-refractivity contribution in [2.24, 2.45) is 7.05 Å². The fraction of sp³-hybridized carbons (Fsp3) is 0.381. The van der Waals surface area contributed by atoms with Crippen LogP contribution in [0.25, 0.3) is 10.9 Å². The van der Waals surface area contributed by atoms with Crippen LogP contribution in [0, 0.1) is 0 Å². The summed E-state index contributed by atoms with van der Waals surface area (Å²) < 4.78 is 1.60. The highest BCUT2D eigenvalue weighted by Gasteiger charge is 2.18. The van der Waals surface area contributed by atoms with Crippen LogP contribution < -0.4 is 15.4 Å². The second kappa shape index (κ2) is 7.59. The lowest BCUT2D eigenvalue weighted by Crippen LogP contribution is -2.46. The number of nitrogens with zero attached hydrogens (tertiary/aromatic N) is 6. The van der Waals surface area contributed by atoms with Gasteiger partial charge in [-0.25, -0.2) is 9.97 Å². The molecular weight excluding hydrogens is 352 g/mol. The fourth-order valence-corrected chi connectivity index (χ4v) is 3.69. The zero-order chi connectivity index (χ0) is 19.7. The van der Waals surface area contributed by atoms with E-state index in [0.29, 0.717) is 0 Å². The molecule has 0 unspecified atom stereocenters. The van der Waals surface area contributed by atoms with E-state index < -0.39 is 0 Å². The molecule has 1 saturated heterocycles. The first-order valence-corrected chi connectivity index (χ1v) is 9.56. The Morgan fingerprint density at radius 1 is 1.04 bits per heavy atom. The molecule has 0 aliphatic carbocycles. The Kier molecular flexibility index (Phi) is 5.00. The molecule has 1 aliphatic heterocycles. The molecule has 0 saturated carbocycles. The van der Waals surface area contributed by atoms with Gasteiger partial charge in [-0.05, 0) is 29.8 Å². The average Bonchev–Trinajstić information content (AvgIpc) is 2.70. The third-order valence-corrected chi connectivity index (χ3v) is 5.33. The maximum absolute atomic E-state index is 11.8. The lowest BCUT2D eigenvalue weighted by molar-refractivity contribution is 0.249. The van der Waals surface area contributed by atoms with Crippen molar-refractivity contribution in [3.63, 3.8) is 0 Å². The minimum Gasteiger partial charge on any atom is -0.369 e. The molecule has 0 amide bonds. The minimum atomic E-state index is 0.0474. The van der Waals surface area contributed by atoms with Crippen LogP contribution in [0.3, 0.4) is 0 Å². The second-order valence-corrected chi connectivity index (χ2v) is 7.54. The molecule has 0 bridgehead atoms. The lowest BCUT2D eigenvalue weighted by atomic mass is 10.1. The highest BCUT2D eigenvalue weighted by molar-refractivity contribution is 5.91. The van der Waals surface area contributed by atoms with Crippen molar-refractivity contribution < 1.29 is 0 Å². The van der Waals surface area contributed by atoms with Crippen molar-refractivity contribution in [3.8, 4) is 0 Å². The molecule has 1 fully saturated rings. The predicted molar refractivity (Wildman–Crippen MR) is 113 cm³/mol. The number of hydrogen-bond acceptors (Lipinski definition) is 6. The van der Waals surface area contributed by atoms with Crippen LogP contribution in [0.1, 0.15) is 5.56 Å². The molecule has 1 aromatic carbocycles. The van der Waals surface area contributed by atoms with Gasteiger partial charge in [0.15, 0.2) is 0 Å². The van der Waals surface area contributed by atoms with E-state index in [4.69, 9.17) is 0 Å². The second-order valence-electron chi connectivity index (χ2n) is 7.54. The summed E-state index contributed by atoms with van der Waals surface area (Å²) in [7, 11) is 5.79. The molecule has 3 aromatic rings. The summed E-state index contributed by atoms with van der Waals surface area (Å²) in [5.41, 5.74) is 3.30. The molecule has 1 aliphatic rings. The summed E-state index contributed by atoms with van der Waals surface area (Å²) >= 11 is 0. The number of benzene rings is 1. The SMILES string of the molecule is CN(C)c1ncnc2ccc(N3CCN(Cc4ccn(C)c(=O)c4)CC3)cc12. The monoisotopic (exact) mass is 378 g/mol. The first-order valence-electron chi connectivity index (χ1n) is 9.56. The normalized spacial score (nSPS) is 15.2. The molecule has 0 N–H and O–H groups in total. The van der Waals surface area contributed by atoms with Crippen molar-refractivity contribution in [2.75, 3.05) is 50.1 Å². The van der Waals surface area contributed by atoms with Gasteiger partial charge in [0.1, 0.15) is 12.1 Å². The van der Waals surface area contributed by atoms with Crippen LogP contribution >= 0.6 is 0 Å². The Morgan fingerprint density at radius 3 is 2.54 bits per heavy atom. The van der Waals surface area contributed by atoms with Crippen LogP contribution in [0.5, 0.6) is 0 Å². The summed E-state index contributed by atoms with van der Waals surface area (Å²) in [4.78, 5) is 27.5. The molecule has 0 atom stereocenters. The average molecular weight is 378 g/mol. The summed E-state index contributed by atoms with van der Waals surface area (Å²) in [5, 5.41) is 1.08. The molecule has 7 nitrogen and oxygen atoms in total. The number of aryl methyl sites for hydroxylation is 1. The third kappa shape index (κ3) is 3.71. The highest BCUT2D eigenvalue weighted by atomic mass is 16.1. The van der Waals surface area contributed by atoms with Gasteiger partial charge in [-0.15, -0.1) is 0 Å². The Hall–Kier alpha value is -2.93. The molecule has 28 heavy (non-hydrogen) atoms. The molecule has 7 heteroatoms. The van der Waals surface area contributed by atoms with Crippen molar-refractivity contribution in [2.45, 2.75) is 6.54 Å². The van der Waals surface area contributed by atoms with Crippen LogP contribution in [-0.4, -0.2) is 59.7 Å². The maximum Gasteiger partial charge on any atom is 0.250 e. The Labute approximate surface area is 164 Å². The number of piperazine rings is 1. The van der Waals surface area contributed by atoms with Gasteiger partial charge in [0, 0.05) is 77.2 Å². The van der Waals surface area contributed by atoms with Crippen LogP contribution in [-0.2, 0) is 13.6 Å². The van der Waals surface area contributed by atoms with Gasteiger partial charge < -0.3 is 14.4 Å². The first kappa shape index (κ1) is 18.4. The number of anilines is 2. The van der Waals surface area contributed by atoms with Crippen molar-refractivity contribution >= 4 is 22.4 Å². The number of pyridine rings is 1. The van der Waals surface area contributed by atoms with Gasteiger partial charge in [-0.2, -0.15) is 0 Å². The smallest absolute Gasteiger partial charge is 0.250 e. The van der Waals surface area contributed by atoms with Crippen LogP contribution in [0.2, 0.25) is 0 Å². The Bertz CT molecular complexity index is 1040. The van der Waals surface area contributed by atoms with Gasteiger partial charge in [0.05, 0.1) is 5.52 Å². The van der Waals surface area contributed by atoms with E-state index >= 15 is 0 Å². The number of aromatic nitrogens is 3. The minimum absolute atomic E-state index is 0.0474. The van der Waals surface area contributed by atoms with Crippen molar-refractivity contribution in [1.29, 1.82) is 0 Å². The van der Waals surface area contributed by atoms with Crippen molar-refractivity contribution in [3.05, 3.63) is 58.8 Å². The quantitative estimate of drug-likeness (QED) is 0.689. The summed E-state index contributed by atoms with van der Waals surface area (Å²) in [5.74, 6) is 0.941. The zero-order valence-corrected chi connectivity index (χ0v) is 16.7. The predicted octanol–water partition coefficient (Wildman–Crippen LogP) is 1.72. The van der Waals surface area contributed by atoms with E-state index in [-0.39, 0.29) is 5.56 Å². The van der Waals surface area contributed by atoms with E-state index in [1.165, 1.54) is 5.69 Å². The first-order chi connectivity index (χ1) is 13.5. The van der Waals surface area contributed by atoms with Gasteiger partial charge >= 0.3 is 0 Å². The number of fused-ring (bicyclic) bond motifs is 1. The van der Waals surface area contributed by atoms with Crippen LogP contribution in [0.4, 0.5) is 11.5 Å². The number of hydrogen-bond donors (Lipinski definition) is 0. The zero-order valence-electron chi connectivity index (χ0n) is 16.7. The molecule has 2 aromatic heterocycles. The molecule has 146 valence electrons. The largest absolute Gasteiger partial charge is 0.369 e. The lowest BCUT2D eigenvalue weighted by Gasteiger charge is -2.36. The van der Waals surface area contributed by atoms with Gasteiger partial charge in [0.2, 0.25) is 0 Å². The van der Waals surface area contributed by atoms with Gasteiger partial charge in [-0.3, -0.25) is 9.69 Å². The molecule has 0 radical (unpaired) electrons. The molecule has 4 rings (SSSR count). The highest BCUT2D eigenvalue weighted by Crippen LogP contribution is 2.27.